The van der Waals surface area contributed by atoms with Gasteiger partial charge in [0.2, 0.25) is 0 Å². The second-order valence-corrected chi connectivity index (χ2v) is 4.95. The zero-order valence-corrected chi connectivity index (χ0v) is 12.4. The van der Waals surface area contributed by atoms with Crippen molar-refractivity contribution in [2.45, 2.75) is 18.9 Å². The molecule has 1 fully saturated rings. The summed E-state index contributed by atoms with van der Waals surface area (Å²) >= 11 is 0. The van der Waals surface area contributed by atoms with Crippen molar-refractivity contribution in [3.8, 4) is 0 Å². The van der Waals surface area contributed by atoms with Crippen LogP contribution < -0.4 is 5.32 Å². The molecule has 7 heteroatoms. The van der Waals surface area contributed by atoms with E-state index in [2.05, 4.69) is 5.32 Å². The third kappa shape index (κ3) is 4.57. The summed E-state index contributed by atoms with van der Waals surface area (Å²) in [6.45, 7) is 2.81. The van der Waals surface area contributed by atoms with Crippen LogP contribution in [0.2, 0.25) is 0 Å². The molecule has 1 heterocycles. The Kier molecular flexibility index (Phi) is 7.45. The van der Waals surface area contributed by atoms with Gasteiger partial charge in [-0.2, -0.15) is 0 Å². The van der Waals surface area contributed by atoms with Crippen molar-refractivity contribution >= 4 is 12.4 Å². The first-order chi connectivity index (χ1) is 9.63. The molecule has 2 rings (SSSR count). The normalized spacial score (nSPS) is 17.3. The van der Waals surface area contributed by atoms with Gasteiger partial charge < -0.3 is 10.4 Å². The molecule has 1 aromatic carbocycles. The SMILES string of the molecule is Cl.OCCC[C@H](c1c(F)cc(F)cc1F)N1CCNCC1. The lowest BCUT2D eigenvalue weighted by molar-refractivity contribution is 0.148. The van der Waals surface area contributed by atoms with E-state index < -0.39 is 23.5 Å². The minimum absolute atomic E-state index is 0. The van der Waals surface area contributed by atoms with Crippen molar-refractivity contribution in [2.75, 3.05) is 32.8 Å². The molecule has 0 unspecified atom stereocenters. The smallest absolute Gasteiger partial charge is 0.133 e. The number of rotatable bonds is 5. The summed E-state index contributed by atoms with van der Waals surface area (Å²) in [4.78, 5) is 1.98. The van der Waals surface area contributed by atoms with E-state index in [1.165, 1.54) is 0 Å². The molecule has 0 aromatic heterocycles. The van der Waals surface area contributed by atoms with Crippen LogP contribution in [0, 0.1) is 17.5 Å². The fourth-order valence-electron chi connectivity index (χ4n) is 2.66. The Morgan fingerprint density at radius 1 is 1.14 bits per heavy atom. The second-order valence-electron chi connectivity index (χ2n) is 4.95. The maximum absolute atomic E-state index is 14.0. The Labute approximate surface area is 128 Å². The van der Waals surface area contributed by atoms with Crippen LogP contribution in [0.5, 0.6) is 0 Å². The number of aliphatic hydroxyl groups is 1. The van der Waals surface area contributed by atoms with Gasteiger partial charge in [0.1, 0.15) is 17.5 Å². The number of piperazine rings is 1. The van der Waals surface area contributed by atoms with Crippen molar-refractivity contribution in [1.29, 1.82) is 0 Å². The van der Waals surface area contributed by atoms with Crippen molar-refractivity contribution < 1.29 is 18.3 Å². The summed E-state index contributed by atoms with van der Waals surface area (Å²) in [6, 6.07) is 0.962. The van der Waals surface area contributed by atoms with E-state index in [0.717, 1.165) is 13.1 Å². The van der Waals surface area contributed by atoms with Gasteiger partial charge in [-0.15, -0.1) is 12.4 Å². The van der Waals surface area contributed by atoms with Crippen LogP contribution in [0.1, 0.15) is 24.4 Å². The highest BCUT2D eigenvalue weighted by atomic mass is 35.5. The molecule has 0 saturated carbocycles. The molecule has 0 amide bonds. The minimum Gasteiger partial charge on any atom is -0.396 e. The maximum atomic E-state index is 14.0. The highest BCUT2D eigenvalue weighted by Crippen LogP contribution is 2.30. The quantitative estimate of drug-likeness (QED) is 0.872. The fraction of sp³-hybridized carbons (Fsp3) is 0.571. The molecule has 1 aromatic rings. The van der Waals surface area contributed by atoms with Gasteiger partial charge >= 0.3 is 0 Å². The highest BCUT2D eigenvalue weighted by molar-refractivity contribution is 5.85. The van der Waals surface area contributed by atoms with E-state index in [-0.39, 0.29) is 24.6 Å². The van der Waals surface area contributed by atoms with Gasteiger partial charge in [-0.05, 0) is 12.8 Å². The van der Waals surface area contributed by atoms with Crippen LogP contribution in [0.3, 0.4) is 0 Å². The van der Waals surface area contributed by atoms with Crippen LogP contribution in [0.15, 0.2) is 12.1 Å². The van der Waals surface area contributed by atoms with Gasteiger partial charge in [-0.1, -0.05) is 0 Å². The minimum atomic E-state index is -0.912. The highest BCUT2D eigenvalue weighted by Gasteiger charge is 2.27. The summed E-state index contributed by atoms with van der Waals surface area (Å²) in [5.74, 6) is -2.63. The summed E-state index contributed by atoms with van der Waals surface area (Å²) in [5.41, 5.74) is -0.0956. The molecule has 0 radical (unpaired) electrons. The third-order valence-electron chi connectivity index (χ3n) is 3.61. The lowest BCUT2D eigenvalue weighted by Gasteiger charge is -2.35. The fourth-order valence-corrected chi connectivity index (χ4v) is 2.66. The predicted molar refractivity (Wildman–Crippen MR) is 77.1 cm³/mol. The van der Waals surface area contributed by atoms with Crippen LogP contribution >= 0.6 is 12.4 Å². The number of hydrogen-bond donors (Lipinski definition) is 2. The molecule has 0 aliphatic carbocycles. The van der Waals surface area contributed by atoms with E-state index in [9.17, 15) is 13.2 Å². The van der Waals surface area contributed by atoms with Crippen LogP contribution in [0.25, 0.3) is 0 Å². The van der Waals surface area contributed by atoms with Gasteiger partial charge in [0.15, 0.2) is 0 Å². The van der Waals surface area contributed by atoms with E-state index in [4.69, 9.17) is 5.11 Å². The molecule has 2 N–H and O–H groups in total. The number of halogens is 4. The van der Waals surface area contributed by atoms with Crippen LogP contribution in [-0.2, 0) is 0 Å². The average Bonchev–Trinajstić information content (AvgIpc) is 2.42. The van der Waals surface area contributed by atoms with E-state index >= 15 is 0 Å². The monoisotopic (exact) mass is 324 g/mol. The Bertz CT molecular complexity index is 433. The molecule has 21 heavy (non-hydrogen) atoms. The standard InChI is InChI=1S/C14H19F3N2O.ClH/c15-10-8-11(16)14(12(17)9-10)13(2-1-7-20)19-5-3-18-4-6-19;/h8-9,13,18,20H,1-7H2;1H/t13-;/m1./s1. The molecular formula is C14H20ClF3N2O. The molecule has 3 nitrogen and oxygen atoms in total. The van der Waals surface area contributed by atoms with Crippen molar-refractivity contribution in [1.82, 2.24) is 10.2 Å². The molecule has 1 atom stereocenters. The van der Waals surface area contributed by atoms with Gasteiger partial charge in [-0.25, -0.2) is 13.2 Å². The number of nitrogens with one attached hydrogen (secondary N) is 1. The topological polar surface area (TPSA) is 35.5 Å². The lowest BCUT2D eigenvalue weighted by Crippen LogP contribution is -2.45. The maximum Gasteiger partial charge on any atom is 0.133 e. The van der Waals surface area contributed by atoms with E-state index in [1.54, 1.807) is 0 Å². The third-order valence-corrected chi connectivity index (χ3v) is 3.61. The largest absolute Gasteiger partial charge is 0.396 e. The Morgan fingerprint density at radius 2 is 1.71 bits per heavy atom. The van der Waals surface area contributed by atoms with Crippen LogP contribution in [-0.4, -0.2) is 42.8 Å². The van der Waals surface area contributed by atoms with Crippen molar-refractivity contribution in [3.63, 3.8) is 0 Å². The Balaban J connectivity index is 0.00000220. The average molecular weight is 325 g/mol. The molecular weight excluding hydrogens is 305 g/mol. The molecule has 1 aliphatic rings. The van der Waals surface area contributed by atoms with Crippen molar-refractivity contribution in [2.24, 2.45) is 0 Å². The zero-order valence-electron chi connectivity index (χ0n) is 11.6. The number of nitrogens with zero attached hydrogens (tertiary/aromatic N) is 1. The van der Waals surface area contributed by atoms with Gasteiger partial charge in [0.25, 0.3) is 0 Å². The first-order valence-electron chi connectivity index (χ1n) is 6.83. The van der Waals surface area contributed by atoms with E-state index in [1.807, 2.05) is 4.90 Å². The van der Waals surface area contributed by atoms with E-state index in [0.29, 0.717) is 38.1 Å². The molecule has 0 spiro atoms. The Hall–Kier alpha value is -0.820. The summed E-state index contributed by atoms with van der Waals surface area (Å²) < 4.78 is 40.9. The molecule has 1 saturated heterocycles. The second kappa shape index (κ2) is 8.58. The number of hydrogen-bond acceptors (Lipinski definition) is 3. The van der Waals surface area contributed by atoms with Gasteiger partial charge in [0.05, 0.1) is 0 Å². The summed E-state index contributed by atoms with van der Waals surface area (Å²) in [6.07, 6.45) is 0.890. The molecule has 0 bridgehead atoms. The number of benzene rings is 1. The van der Waals surface area contributed by atoms with Gasteiger partial charge in [0, 0.05) is 56.5 Å². The number of aliphatic hydroxyl groups excluding tert-OH is 1. The summed E-state index contributed by atoms with van der Waals surface area (Å²) in [7, 11) is 0. The first kappa shape index (κ1) is 18.2. The first-order valence-corrected chi connectivity index (χ1v) is 6.83. The zero-order chi connectivity index (χ0) is 14.5. The van der Waals surface area contributed by atoms with Crippen LogP contribution in [0.4, 0.5) is 13.2 Å². The molecule has 1 aliphatic heterocycles. The Morgan fingerprint density at radius 3 is 2.24 bits per heavy atom. The molecule has 120 valence electrons. The van der Waals surface area contributed by atoms with Gasteiger partial charge in [-0.3, -0.25) is 4.90 Å². The lowest BCUT2D eigenvalue weighted by atomic mass is 9.98. The predicted octanol–water partition coefficient (Wildman–Crippen LogP) is 2.24. The summed E-state index contributed by atoms with van der Waals surface area (Å²) in [5, 5.41) is 12.1. The van der Waals surface area contributed by atoms with Crippen molar-refractivity contribution in [3.05, 3.63) is 35.1 Å².